The molecule has 0 aromatic carbocycles. The molecule has 0 rings (SSSR count). The van der Waals surface area contributed by atoms with Crippen LogP contribution in [0.25, 0.3) is 0 Å². The summed E-state index contributed by atoms with van der Waals surface area (Å²) in [5.41, 5.74) is -0.991. The Morgan fingerprint density at radius 3 is 1.95 bits per heavy atom. The lowest BCUT2D eigenvalue weighted by molar-refractivity contribution is -0.122. The first-order valence-electron chi connectivity index (χ1n) is 7.19. The first-order chi connectivity index (χ1) is 9.65. The van der Waals surface area contributed by atoms with Gasteiger partial charge in [-0.3, -0.25) is 9.52 Å². The van der Waals surface area contributed by atoms with Gasteiger partial charge in [-0.2, -0.15) is 0 Å². The third-order valence-corrected chi connectivity index (χ3v) is 3.73. The summed E-state index contributed by atoms with van der Waals surface area (Å²) in [6.45, 7) is 12.2. The Morgan fingerprint density at radius 1 is 1.09 bits per heavy atom. The summed E-state index contributed by atoms with van der Waals surface area (Å²) >= 11 is 0. The first kappa shape index (κ1) is 20.7. The Hall–Kier alpha value is -1.31. The molecule has 0 unspecified atom stereocenters. The molecule has 0 aliphatic carbocycles. The Balaban J connectivity index is 5.06. The predicted octanol–water partition coefficient (Wildman–Crippen LogP) is 1.78. The number of carbonyl (C=O) groups is 2. The van der Waals surface area contributed by atoms with E-state index < -0.39 is 33.7 Å². The van der Waals surface area contributed by atoms with Crippen LogP contribution in [0.15, 0.2) is 0 Å². The summed E-state index contributed by atoms with van der Waals surface area (Å²) in [6, 6.07) is -0.990. The highest BCUT2D eigenvalue weighted by atomic mass is 32.2. The summed E-state index contributed by atoms with van der Waals surface area (Å²) in [5.74, 6) is -0.976. The molecule has 0 spiro atoms. The van der Waals surface area contributed by atoms with Gasteiger partial charge in [-0.25, -0.2) is 13.2 Å². The van der Waals surface area contributed by atoms with E-state index in [0.29, 0.717) is 0 Å². The van der Waals surface area contributed by atoms with Crippen molar-refractivity contribution in [3.8, 4) is 0 Å². The minimum absolute atomic E-state index is 0.215. The van der Waals surface area contributed by atoms with E-state index in [1.165, 1.54) is 6.92 Å². The van der Waals surface area contributed by atoms with Crippen LogP contribution >= 0.6 is 0 Å². The Bertz CT molecular complexity index is 500. The minimum Gasteiger partial charge on any atom is -0.444 e. The van der Waals surface area contributed by atoms with Gasteiger partial charge in [-0.05, 0) is 39.5 Å². The summed E-state index contributed by atoms with van der Waals surface area (Å²) < 4.78 is 30.1. The van der Waals surface area contributed by atoms with Crippen molar-refractivity contribution in [3.63, 3.8) is 0 Å². The Kier molecular flexibility index (Phi) is 6.87. The van der Waals surface area contributed by atoms with Crippen molar-refractivity contribution >= 4 is 22.0 Å². The molecule has 0 fully saturated rings. The molecule has 2 amide bonds. The van der Waals surface area contributed by atoms with Crippen LogP contribution in [0.4, 0.5) is 4.79 Å². The minimum atomic E-state index is -3.68. The summed E-state index contributed by atoms with van der Waals surface area (Å²) in [7, 11) is -3.68. The number of sulfonamides is 1. The second-order valence-electron chi connectivity index (χ2n) is 7.33. The van der Waals surface area contributed by atoms with Crippen molar-refractivity contribution in [1.82, 2.24) is 10.0 Å². The summed E-state index contributed by atoms with van der Waals surface area (Å²) in [4.78, 5) is 24.0. The van der Waals surface area contributed by atoms with Crippen molar-refractivity contribution in [2.75, 3.05) is 5.75 Å². The molecule has 0 aliphatic heterocycles. The van der Waals surface area contributed by atoms with E-state index in [1.807, 2.05) is 25.5 Å². The van der Waals surface area contributed by atoms with Gasteiger partial charge in [0, 0.05) is 0 Å². The largest absolute Gasteiger partial charge is 0.444 e. The molecule has 130 valence electrons. The maximum absolute atomic E-state index is 12.1. The second-order valence-corrected chi connectivity index (χ2v) is 9.34. The SMILES string of the molecule is CCS(=O)(=O)NC(=O)[C@H](CC(C)(C)C)NC(=O)OC(C)(C)C. The smallest absolute Gasteiger partial charge is 0.408 e. The molecule has 8 heteroatoms. The van der Waals surface area contributed by atoms with Gasteiger partial charge in [0.05, 0.1) is 5.75 Å². The molecule has 0 saturated carbocycles. The number of ether oxygens (including phenoxy) is 1. The van der Waals surface area contributed by atoms with Crippen LogP contribution in [0.3, 0.4) is 0 Å². The van der Waals surface area contributed by atoms with E-state index in [1.54, 1.807) is 20.8 Å². The van der Waals surface area contributed by atoms with Crippen LogP contribution in [0.1, 0.15) is 54.9 Å². The number of rotatable bonds is 5. The zero-order valence-electron chi connectivity index (χ0n) is 14.4. The quantitative estimate of drug-likeness (QED) is 0.797. The third-order valence-electron chi connectivity index (χ3n) is 2.46. The first-order valence-corrected chi connectivity index (χ1v) is 8.84. The summed E-state index contributed by atoms with van der Waals surface area (Å²) in [5, 5.41) is 2.44. The fourth-order valence-electron chi connectivity index (χ4n) is 1.57. The number of hydrogen-bond donors (Lipinski definition) is 2. The van der Waals surface area contributed by atoms with Crippen LogP contribution in [0.5, 0.6) is 0 Å². The van der Waals surface area contributed by atoms with Crippen molar-refractivity contribution in [1.29, 1.82) is 0 Å². The number of carbonyl (C=O) groups excluding carboxylic acids is 2. The second kappa shape index (κ2) is 7.30. The van der Waals surface area contributed by atoms with E-state index in [-0.39, 0.29) is 17.6 Å². The molecule has 0 bridgehead atoms. The molecule has 0 aromatic heterocycles. The third kappa shape index (κ3) is 9.59. The van der Waals surface area contributed by atoms with Crippen LogP contribution in [0.2, 0.25) is 0 Å². The molecule has 1 atom stereocenters. The van der Waals surface area contributed by atoms with Crippen molar-refractivity contribution in [3.05, 3.63) is 0 Å². The van der Waals surface area contributed by atoms with Gasteiger partial charge in [0.1, 0.15) is 11.6 Å². The van der Waals surface area contributed by atoms with Crippen LogP contribution in [-0.2, 0) is 19.6 Å². The van der Waals surface area contributed by atoms with Crippen molar-refractivity contribution < 1.29 is 22.7 Å². The van der Waals surface area contributed by atoms with E-state index in [2.05, 4.69) is 5.32 Å². The number of hydrogen-bond acceptors (Lipinski definition) is 5. The zero-order chi connectivity index (χ0) is 17.8. The van der Waals surface area contributed by atoms with Gasteiger partial charge in [-0.15, -0.1) is 0 Å². The van der Waals surface area contributed by atoms with Crippen molar-refractivity contribution in [2.45, 2.75) is 66.5 Å². The number of alkyl carbamates (subject to hydrolysis) is 1. The van der Waals surface area contributed by atoms with E-state index in [0.717, 1.165) is 0 Å². The fourth-order valence-corrected chi connectivity index (χ4v) is 2.16. The highest BCUT2D eigenvalue weighted by molar-refractivity contribution is 7.90. The molecule has 0 aliphatic rings. The maximum atomic E-state index is 12.1. The fraction of sp³-hybridized carbons (Fsp3) is 0.857. The molecule has 0 heterocycles. The number of nitrogens with one attached hydrogen (secondary N) is 2. The van der Waals surface area contributed by atoms with Gasteiger partial charge in [0.15, 0.2) is 0 Å². The van der Waals surface area contributed by atoms with Gasteiger partial charge in [0.25, 0.3) is 5.91 Å². The molecule has 7 nitrogen and oxygen atoms in total. The van der Waals surface area contributed by atoms with Crippen LogP contribution in [-0.4, -0.2) is 37.8 Å². The standard InChI is InChI=1S/C14H28N2O5S/c1-8-22(19,20)16-11(17)10(9-13(2,3)4)15-12(18)21-14(5,6)7/h10H,8-9H2,1-7H3,(H,15,18)(H,16,17)/t10-/m0/s1. The molecule has 0 radical (unpaired) electrons. The average molecular weight is 336 g/mol. The van der Waals surface area contributed by atoms with Gasteiger partial charge < -0.3 is 10.1 Å². The maximum Gasteiger partial charge on any atom is 0.408 e. The zero-order valence-corrected chi connectivity index (χ0v) is 15.3. The Labute approximate surface area is 133 Å². The van der Waals surface area contributed by atoms with E-state index in [9.17, 15) is 18.0 Å². The Morgan fingerprint density at radius 2 is 1.59 bits per heavy atom. The predicted molar refractivity (Wildman–Crippen MR) is 84.8 cm³/mol. The topological polar surface area (TPSA) is 102 Å². The number of amides is 2. The molecular weight excluding hydrogens is 308 g/mol. The van der Waals surface area contributed by atoms with Gasteiger partial charge in [-0.1, -0.05) is 20.8 Å². The van der Waals surface area contributed by atoms with E-state index in [4.69, 9.17) is 4.74 Å². The van der Waals surface area contributed by atoms with Gasteiger partial charge in [0.2, 0.25) is 10.0 Å². The molecule has 22 heavy (non-hydrogen) atoms. The summed E-state index contributed by atoms with van der Waals surface area (Å²) in [6.07, 6.45) is -0.483. The average Bonchev–Trinajstić information content (AvgIpc) is 2.23. The molecule has 2 N–H and O–H groups in total. The highest BCUT2D eigenvalue weighted by Gasteiger charge is 2.30. The van der Waals surface area contributed by atoms with Crippen LogP contribution in [0, 0.1) is 5.41 Å². The lowest BCUT2D eigenvalue weighted by atomic mass is 9.88. The van der Waals surface area contributed by atoms with Crippen molar-refractivity contribution in [2.24, 2.45) is 5.41 Å². The van der Waals surface area contributed by atoms with Gasteiger partial charge >= 0.3 is 6.09 Å². The molecule has 0 aromatic rings. The van der Waals surface area contributed by atoms with E-state index >= 15 is 0 Å². The lowest BCUT2D eigenvalue weighted by Crippen LogP contribution is -2.51. The highest BCUT2D eigenvalue weighted by Crippen LogP contribution is 2.21. The molecular formula is C14H28N2O5S. The molecule has 0 saturated heterocycles. The lowest BCUT2D eigenvalue weighted by Gasteiger charge is -2.27. The monoisotopic (exact) mass is 336 g/mol. The van der Waals surface area contributed by atoms with Crippen LogP contribution < -0.4 is 10.0 Å². The normalized spacial score (nSPS) is 14.1.